The monoisotopic (exact) mass is 456 g/mol. The van der Waals surface area contributed by atoms with E-state index in [9.17, 15) is 4.79 Å². The predicted octanol–water partition coefficient (Wildman–Crippen LogP) is 5.51. The Balaban J connectivity index is 1.74. The van der Waals surface area contributed by atoms with E-state index in [1.54, 1.807) is 6.20 Å². The SMILES string of the molecule is CC(C)(C)OC(=O)N[C@@H](COc1ccc2cnccc2c1Br)Cc1ccccc1. The van der Waals surface area contributed by atoms with Gasteiger partial charge in [-0.25, -0.2) is 4.79 Å². The highest BCUT2D eigenvalue weighted by atomic mass is 79.9. The molecule has 1 N–H and O–H groups in total. The first kappa shape index (κ1) is 21.1. The molecule has 3 rings (SSSR count). The fraction of sp³-hybridized carbons (Fsp3) is 0.304. The summed E-state index contributed by atoms with van der Waals surface area (Å²) in [7, 11) is 0. The average molecular weight is 457 g/mol. The molecule has 0 unspecified atom stereocenters. The van der Waals surface area contributed by atoms with Crippen molar-refractivity contribution in [3.05, 3.63) is 71.0 Å². The number of fused-ring (bicyclic) bond motifs is 1. The number of rotatable bonds is 6. The molecule has 0 saturated carbocycles. The number of amides is 1. The lowest BCUT2D eigenvalue weighted by molar-refractivity contribution is 0.0487. The van der Waals surface area contributed by atoms with Crippen LogP contribution in [-0.2, 0) is 11.2 Å². The van der Waals surface area contributed by atoms with Crippen molar-refractivity contribution in [2.75, 3.05) is 6.61 Å². The molecule has 0 fully saturated rings. The summed E-state index contributed by atoms with van der Waals surface area (Å²) in [5.41, 5.74) is 0.554. The molecule has 0 aliphatic carbocycles. The molecule has 29 heavy (non-hydrogen) atoms. The lowest BCUT2D eigenvalue weighted by Crippen LogP contribution is -2.43. The summed E-state index contributed by atoms with van der Waals surface area (Å²) in [6, 6.07) is 15.6. The standard InChI is InChI=1S/C23H25BrN2O3/c1-23(2,3)29-22(27)26-18(13-16-7-5-4-6-8-16)15-28-20-10-9-17-14-25-12-11-19(17)21(20)24/h4-12,14,18H,13,15H2,1-3H3,(H,26,27)/t18-/m1/s1. The summed E-state index contributed by atoms with van der Waals surface area (Å²) in [4.78, 5) is 16.5. The van der Waals surface area contributed by atoms with Gasteiger partial charge in [-0.1, -0.05) is 30.3 Å². The van der Waals surface area contributed by atoms with E-state index in [-0.39, 0.29) is 6.04 Å². The van der Waals surface area contributed by atoms with Crippen molar-refractivity contribution in [2.45, 2.75) is 38.8 Å². The topological polar surface area (TPSA) is 60.5 Å². The number of nitrogens with zero attached hydrogens (tertiary/aromatic N) is 1. The van der Waals surface area contributed by atoms with E-state index in [1.165, 1.54) is 0 Å². The number of carbonyl (C=O) groups excluding carboxylic acids is 1. The first-order valence-electron chi connectivity index (χ1n) is 9.50. The van der Waals surface area contributed by atoms with E-state index in [0.717, 1.165) is 20.8 Å². The van der Waals surface area contributed by atoms with Crippen molar-refractivity contribution in [3.8, 4) is 5.75 Å². The Morgan fingerprint density at radius 1 is 1.14 bits per heavy atom. The highest BCUT2D eigenvalue weighted by molar-refractivity contribution is 9.10. The first-order valence-corrected chi connectivity index (χ1v) is 10.3. The summed E-state index contributed by atoms with van der Waals surface area (Å²) in [5, 5.41) is 4.99. The number of hydrogen-bond acceptors (Lipinski definition) is 4. The Kier molecular flexibility index (Phi) is 6.75. The van der Waals surface area contributed by atoms with Gasteiger partial charge in [0.15, 0.2) is 0 Å². The Morgan fingerprint density at radius 2 is 1.90 bits per heavy atom. The second-order valence-electron chi connectivity index (χ2n) is 7.82. The van der Waals surface area contributed by atoms with Crippen LogP contribution in [0.4, 0.5) is 4.79 Å². The van der Waals surface area contributed by atoms with Crippen LogP contribution < -0.4 is 10.1 Å². The molecule has 152 valence electrons. The van der Waals surface area contributed by atoms with Gasteiger partial charge in [0.25, 0.3) is 0 Å². The van der Waals surface area contributed by atoms with Crippen LogP contribution >= 0.6 is 15.9 Å². The third-order valence-electron chi connectivity index (χ3n) is 4.20. The number of hydrogen-bond donors (Lipinski definition) is 1. The van der Waals surface area contributed by atoms with Crippen LogP contribution in [0.1, 0.15) is 26.3 Å². The zero-order chi connectivity index (χ0) is 20.9. The number of aromatic nitrogens is 1. The van der Waals surface area contributed by atoms with Gasteiger partial charge in [0, 0.05) is 23.2 Å². The Bertz CT molecular complexity index is 971. The summed E-state index contributed by atoms with van der Waals surface area (Å²) in [6.45, 7) is 5.84. The normalized spacial score (nSPS) is 12.4. The second kappa shape index (κ2) is 9.27. The Hall–Kier alpha value is -2.60. The number of nitrogens with one attached hydrogen (secondary N) is 1. The number of carbonyl (C=O) groups is 1. The van der Waals surface area contributed by atoms with Crippen molar-refractivity contribution < 1.29 is 14.3 Å². The highest BCUT2D eigenvalue weighted by Gasteiger charge is 2.21. The molecule has 0 radical (unpaired) electrons. The molecular formula is C23H25BrN2O3. The minimum absolute atomic E-state index is 0.243. The maximum atomic E-state index is 12.3. The molecule has 0 bridgehead atoms. The lowest BCUT2D eigenvalue weighted by atomic mass is 10.1. The van der Waals surface area contributed by atoms with Crippen molar-refractivity contribution in [3.63, 3.8) is 0 Å². The minimum atomic E-state index is -0.558. The fourth-order valence-corrected chi connectivity index (χ4v) is 3.54. The number of alkyl carbamates (subject to hydrolysis) is 1. The van der Waals surface area contributed by atoms with Crippen LogP contribution in [0.5, 0.6) is 5.75 Å². The lowest BCUT2D eigenvalue weighted by Gasteiger charge is -2.24. The van der Waals surface area contributed by atoms with Crippen LogP contribution in [-0.4, -0.2) is 29.3 Å². The van der Waals surface area contributed by atoms with Gasteiger partial charge >= 0.3 is 6.09 Å². The predicted molar refractivity (Wildman–Crippen MR) is 118 cm³/mol. The Morgan fingerprint density at radius 3 is 2.62 bits per heavy atom. The number of benzene rings is 2. The smallest absolute Gasteiger partial charge is 0.408 e. The van der Waals surface area contributed by atoms with Crippen molar-refractivity contribution in [1.82, 2.24) is 10.3 Å². The fourth-order valence-electron chi connectivity index (χ4n) is 2.94. The van der Waals surface area contributed by atoms with Gasteiger partial charge in [0.05, 0.1) is 10.5 Å². The zero-order valence-electron chi connectivity index (χ0n) is 16.8. The molecule has 5 nitrogen and oxygen atoms in total. The van der Waals surface area contributed by atoms with Crippen LogP contribution in [0.3, 0.4) is 0 Å². The highest BCUT2D eigenvalue weighted by Crippen LogP contribution is 2.32. The van der Waals surface area contributed by atoms with Crippen molar-refractivity contribution in [2.24, 2.45) is 0 Å². The third kappa shape index (κ3) is 6.19. The molecule has 0 saturated heterocycles. The summed E-state index contributed by atoms with van der Waals surface area (Å²) >= 11 is 3.62. The zero-order valence-corrected chi connectivity index (χ0v) is 18.4. The number of pyridine rings is 1. The maximum absolute atomic E-state index is 12.3. The van der Waals surface area contributed by atoms with Crippen LogP contribution in [0.25, 0.3) is 10.8 Å². The third-order valence-corrected chi connectivity index (χ3v) is 5.02. The summed E-state index contributed by atoms with van der Waals surface area (Å²) < 4.78 is 12.4. The molecule has 1 heterocycles. The molecule has 2 aromatic carbocycles. The molecule has 6 heteroatoms. The van der Waals surface area contributed by atoms with E-state index in [4.69, 9.17) is 9.47 Å². The number of halogens is 1. The van der Waals surface area contributed by atoms with E-state index >= 15 is 0 Å². The van der Waals surface area contributed by atoms with Crippen molar-refractivity contribution in [1.29, 1.82) is 0 Å². The van der Waals surface area contributed by atoms with E-state index < -0.39 is 11.7 Å². The molecular weight excluding hydrogens is 432 g/mol. The average Bonchev–Trinajstić information content (AvgIpc) is 2.67. The molecule has 0 spiro atoms. The van der Waals surface area contributed by atoms with Gasteiger partial charge in [-0.3, -0.25) is 4.98 Å². The van der Waals surface area contributed by atoms with Crippen molar-refractivity contribution >= 4 is 32.8 Å². The first-order chi connectivity index (χ1) is 13.8. The molecule has 0 aliphatic heterocycles. The van der Waals surface area contributed by atoms with Gasteiger partial charge in [-0.15, -0.1) is 0 Å². The van der Waals surface area contributed by atoms with Crippen LogP contribution in [0.15, 0.2) is 65.4 Å². The minimum Gasteiger partial charge on any atom is -0.490 e. The van der Waals surface area contributed by atoms with E-state index in [1.807, 2.05) is 75.5 Å². The number of ether oxygens (including phenoxy) is 2. The summed E-state index contributed by atoms with van der Waals surface area (Å²) in [5.74, 6) is 0.716. The largest absolute Gasteiger partial charge is 0.490 e. The van der Waals surface area contributed by atoms with Gasteiger partial charge in [0.2, 0.25) is 0 Å². The molecule has 1 atom stereocenters. The quantitative estimate of drug-likeness (QED) is 0.530. The second-order valence-corrected chi connectivity index (χ2v) is 8.61. The van der Waals surface area contributed by atoms with Crippen LogP contribution in [0.2, 0.25) is 0 Å². The molecule has 1 amide bonds. The Labute approximate surface area is 179 Å². The maximum Gasteiger partial charge on any atom is 0.408 e. The van der Waals surface area contributed by atoms with Gasteiger partial charge in [0.1, 0.15) is 18.0 Å². The molecule has 3 aromatic rings. The van der Waals surface area contributed by atoms with E-state index in [0.29, 0.717) is 18.8 Å². The van der Waals surface area contributed by atoms with Gasteiger partial charge in [-0.2, -0.15) is 0 Å². The molecule has 1 aromatic heterocycles. The molecule has 0 aliphatic rings. The van der Waals surface area contributed by atoms with Gasteiger partial charge in [-0.05, 0) is 66.9 Å². The van der Waals surface area contributed by atoms with E-state index in [2.05, 4.69) is 26.2 Å². The van der Waals surface area contributed by atoms with Crippen LogP contribution in [0, 0.1) is 0 Å². The van der Waals surface area contributed by atoms with Gasteiger partial charge < -0.3 is 14.8 Å². The summed E-state index contributed by atoms with van der Waals surface area (Å²) in [6.07, 6.45) is 3.74.